The van der Waals surface area contributed by atoms with E-state index in [1.807, 2.05) is 70.2 Å². The lowest BCUT2D eigenvalue weighted by atomic mass is 9.95. The van der Waals surface area contributed by atoms with E-state index in [1.165, 1.54) is 16.4 Å². The molecule has 4 atom stereocenters. The highest BCUT2D eigenvalue weighted by atomic mass is 32.2. The molecule has 4 rings (SSSR count). The number of aliphatic hydroxyl groups excluding tert-OH is 1. The van der Waals surface area contributed by atoms with Crippen molar-refractivity contribution in [3.63, 3.8) is 0 Å². The van der Waals surface area contributed by atoms with E-state index in [-0.39, 0.29) is 55.4 Å². The Hall–Kier alpha value is -4.24. The van der Waals surface area contributed by atoms with Crippen LogP contribution in [0, 0.1) is 16.7 Å². The van der Waals surface area contributed by atoms with E-state index in [9.17, 15) is 28.0 Å². The van der Waals surface area contributed by atoms with Crippen molar-refractivity contribution >= 4 is 22.0 Å². The number of nitrogens with zero attached hydrogens (tertiary/aromatic N) is 5. The van der Waals surface area contributed by atoms with Crippen molar-refractivity contribution in [2.75, 3.05) is 33.3 Å². The van der Waals surface area contributed by atoms with E-state index in [0.29, 0.717) is 31.7 Å². The van der Waals surface area contributed by atoms with Crippen molar-refractivity contribution in [2.24, 2.45) is 17.0 Å². The fourth-order valence-electron chi connectivity index (χ4n) is 6.43. The summed E-state index contributed by atoms with van der Waals surface area (Å²) in [4.78, 5) is 46.6. The lowest BCUT2D eigenvalue weighted by molar-refractivity contribution is -0.128. The van der Waals surface area contributed by atoms with Gasteiger partial charge in [0, 0.05) is 39.5 Å². The van der Waals surface area contributed by atoms with Crippen molar-refractivity contribution in [2.45, 2.75) is 83.3 Å². The van der Waals surface area contributed by atoms with E-state index in [1.54, 1.807) is 35.2 Å². The molecule has 0 bridgehead atoms. The van der Waals surface area contributed by atoms with Gasteiger partial charge in [0.2, 0.25) is 15.9 Å². The summed E-state index contributed by atoms with van der Waals surface area (Å²) in [6, 6.07) is 17.1. The number of ether oxygens (including phenoxy) is 1. The van der Waals surface area contributed by atoms with Crippen LogP contribution in [0.4, 0.5) is 4.79 Å². The molecule has 1 aliphatic heterocycles. The third-order valence-electron chi connectivity index (χ3n) is 9.32. The van der Waals surface area contributed by atoms with Gasteiger partial charge in [-0.1, -0.05) is 81.8 Å². The van der Waals surface area contributed by atoms with Gasteiger partial charge in [-0.2, -0.15) is 9.21 Å². The summed E-state index contributed by atoms with van der Waals surface area (Å²) in [7, 11) is -2.45. The molecular formula is C38H52N6O7S. The summed E-state index contributed by atoms with van der Waals surface area (Å²) in [5.41, 5.74) is 3.09. The van der Waals surface area contributed by atoms with Crippen LogP contribution in [0.15, 0.2) is 83.0 Å². The molecule has 2 N–H and O–H groups in total. The number of benzene rings is 2. The van der Waals surface area contributed by atoms with Crippen LogP contribution < -0.4 is 5.32 Å². The minimum atomic E-state index is -4.07. The van der Waals surface area contributed by atoms with Crippen LogP contribution in [0.2, 0.25) is 0 Å². The van der Waals surface area contributed by atoms with E-state index in [2.05, 4.69) is 15.5 Å². The summed E-state index contributed by atoms with van der Waals surface area (Å²) in [6.45, 7) is 8.89. The van der Waals surface area contributed by atoms with Gasteiger partial charge in [-0.15, -0.1) is 0 Å². The highest BCUT2D eigenvalue weighted by Gasteiger charge is 2.41. The molecule has 0 aliphatic carbocycles. The number of amides is 3. The fraction of sp³-hybridized carbons (Fsp3) is 0.500. The SMILES string of the molecule is CC[C@H](C)[C@@H](C(=O)N[C@@H](Cc1ccccc1)[C@H](O)CN(CC(C)C)S(=O)(=O)c1ccc(CN=O)cc1)N1CCN(Cc2cc(COC)ccn2)C1=O. The Bertz CT molecular complexity index is 1730. The second kappa shape index (κ2) is 19.0. The second-order valence-corrected chi connectivity index (χ2v) is 15.8. The number of nitroso groups, excluding NO2 is 1. The number of methoxy groups -OCH3 is 1. The maximum atomic E-state index is 14.3. The van der Waals surface area contributed by atoms with Crippen LogP contribution >= 0.6 is 0 Å². The standard InChI is InChI=1S/C38H52N6O7S/c1-6-28(4)36(44-19-18-42(38(44)47)24-32-20-31(26-51-5)16-17-39-32)37(46)41-34(21-29-10-8-7-9-11-29)35(45)25-43(23-27(2)3)52(49,50)33-14-12-30(13-15-33)22-40-48/h7-17,20,27-28,34-36,45H,6,18-19,21-26H2,1-5H3,(H,41,46)/t28-,34-,35+,36-/m0/s1. The normalized spacial score (nSPS) is 15.9. The molecule has 13 nitrogen and oxygen atoms in total. The Balaban J connectivity index is 1.58. The third kappa shape index (κ3) is 10.7. The highest BCUT2D eigenvalue weighted by Crippen LogP contribution is 2.24. The van der Waals surface area contributed by atoms with Gasteiger partial charge in [0.05, 0.1) is 35.9 Å². The number of aliphatic hydroxyl groups is 1. The maximum absolute atomic E-state index is 14.3. The van der Waals surface area contributed by atoms with Gasteiger partial charge in [0.25, 0.3) is 0 Å². The van der Waals surface area contributed by atoms with Crippen LogP contribution in [0.3, 0.4) is 0 Å². The highest BCUT2D eigenvalue weighted by molar-refractivity contribution is 7.89. The van der Waals surface area contributed by atoms with Gasteiger partial charge in [0.15, 0.2) is 0 Å². The lowest BCUT2D eigenvalue weighted by Gasteiger charge is -2.35. The van der Waals surface area contributed by atoms with Crippen LogP contribution in [0.5, 0.6) is 0 Å². The number of carbonyl (C=O) groups is 2. The number of hydrogen-bond acceptors (Lipinski definition) is 9. The van der Waals surface area contributed by atoms with Crippen molar-refractivity contribution in [3.05, 3.63) is 100 Å². The number of pyridine rings is 1. The predicted octanol–water partition coefficient (Wildman–Crippen LogP) is 4.58. The summed E-state index contributed by atoms with van der Waals surface area (Å²) in [5.74, 6) is -0.696. The van der Waals surface area contributed by atoms with Crippen molar-refractivity contribution in [1.29, 1.82) is 0 Å². The number of rotatable bonds is 20. The Labute approximate surface area is 307 Å². The van der Waals surface area contributed by atoms with E-state index in [4.69, 9.17) is 4.74 Å². The molecule has 0 radical (unpaired) electrons. The third-order valence-corrected chi connectivity index (χ3v) is 11.2. The summed E-state index contributed by atoms with van der Waals surface area (Å²) in [5, 5.41) is 17.7. The molecule has 2 aromatic carbocycles. The number of sulfonamides is 1. The zero-order chi connectivity index (χ0) is 37.8. The van der Waals surface area contributed by atoms with E-state index in [0.717, 1.165) is 16.8 Å². The Kier molecular flexibility index (Phi) is 14.8. The molecule has 0 unspecified atom stereocenters. The molecule has 1 aliphatic rings. The van der Waals surface area contributed by atoms with Gasteiger partial charge in [-0.3, -0.25) is 9.78 Å². The predicted molar refractivity (Wildman–Crippen MR) is 198 cm³/mol. The number of nitrogens with one attached hydrogen (secondary N) is 1. The maximum Gasteiger partial charge on any atom is 0.321 e. The van der Waals surface area contributed by atoms with Crippen LogP contribution in [-0.4, -0.2) is 96.0 Å². The van der Waals surface area contributed by atoms with Crippen LogP contribution in [0.25, 0.3) is 0 Å². The van der Waals surface area contributed by atoms with E-state index >= 15 is 0 Å². The van der Waals surface area contributed by atoms with Gasteiger partial charge < -0.3 is 25.0 Å². The Morgan fingerprint density at radius 2 is 1.73 bits per heavy atom. The topological polar surface area (TPSA) is 162 Å². The molecule has 52 heavy (non-hydrogen) atoms. The lowest BCUT2D eigenvalue weighted by Crippen LogP contribution is -2.57. The Morgan fingerprint density at radius 3 is 2.37 bits per heavy atom. The number of carbonyl (C=O) groups excluding carboxylic acids is 2. The van der Waals surface area contributed by atoms with Gasteiger partial charge >= 0.3 is 6.03 Å². The first-order valence-corrected chi connectivity index (χ1v) is 19.2. The minimum Gasteiger partial charge on any atom is -0.390 e. The van der Waals surface area contributed by atoms with Crippen molar-refractivity contribution < 1.29 is 27.9 Å². The number of urea groups is 1. The molecule has 3 amide bonds. The zero-order valence-corrected chi connectivity index (χ0v) is 31.5. The average Bonchev–Trinajstić information content (AvgIpc) is 3.47. The molecule has 3 aromatic rings. The van der Waals surface area contributed by atoms with Crippen molar-refractivity contribution in [3.8, 4) is 0 Å². The largest absolute Gasteiger partial charge is 0.390 e. The van der Waals surface area contributed by atoms with Gasteiger partial charge in [0.1, 0.15) is 12.6 Å². The monoisotopic (exact) mass is 736 g/mol. The van der Waals surface area contributed by atoms with Crippen LogP contribution in [-0.2, 0) is 45.7 Å². The quantitative estimate of drug-likeness (QED) is 0.159. The molecule has 0 saturated carbocycles. The first kappa shape index (κ1) is 40.5. The first-order valence-electron chi connectivity index (χ1n) is 17.8. The average molecular weight is 737 g/mol. The number of hydrogen-bond donors (Lipinski definition) is 2. The molecule has 1 aromatic heterocycles. The summed E-state index contributed by atoms with van der Waals surface area (Å²) < 4.78 is 34.3. The smallest absolute Gasteiger partial charge is 0.321 e. The molecule has 0 spiro atoms. The number of aromatic nitrogens is 1. The molecule has 14 heteroatoms. The molecule has 2 heterocycles. The Morgan fingerprint density at radius 1 is 1.02 bits per heavy atom. The van der Waals surface area contributed by atoms with Gasteiger partial charge in [-0.25, -0.2) is 13.2 Å². The second-order valence-electron chi connectivity index (χ2n) is 13.8. The van der Waals surface area contributed by atoms with Gasteiger partial charge in [-0.05, 0) is 59.2 Å². The van der Waals surface area contributed by atoms with E-state index < -0.39 is 34.1 Å². The summed E-state index contributed by atoms with van der Waals surface area (Å²) in [6.07, 6.45) is 1.24. The zero-order valence-electron chi connectivity index (χ0n) is 30.7. The first-order chi connectivity index (χ1) is 24.9. The van der Waals surface area contributed by atoms with Crippen LogP contribution in [0.1, 0.15) is 56.5 Å². The molecule has 282 valence electrons. The minimum absolute atomic E-state index is 0.0215. The summed E-state index contributed by atoms with van der Waals surface area (Å²) >= 11 is 0. The van der Waals surface area contributed by atoms with Crippen molar-refractivity contribution in [1.82, 2.24) is 24.4 Å². The molecular weight excluding hydrogens is 685 g/mol. The fourth-order valence-corrected chi connectivity index (χ4v) is 8.05. The molecule has 1 saturated heterocycles. The molecule has 1 fully saturated rings.